The van der Waals surface area contributed by atoms with Crippen molar-refractivity contribution in [1.82, 2.24) is 0 Å². The van der Waals surface area contributed by atoms with Gasteiger partial charge in [-0.1, -0.05) is 12.1 Å². The number of nitriles is 1. The predicted molar refractivity (Wildman–Crippen MR) is 50.8 cm³/mol. The van der Waals surface area contributed by atoms with Crippen molar-refractivity contribution in [2.45, 2.75) is 6.92 Å². The average molecular weight is 174 g/mol. The Morgan fingerprint density at radius 2 is 2.31 bits per heavy atom. The number of hydrogen-bond donors (Lipinski definition) is 0. The summed E-state index contributed by atoms with van der Waals surface area (Å²) in [5.74, 6) is 0.769. The molecule has 0 heterocycles. The summed E-state index contributed by atoms with van der Waals surface area (Å²) >= 11 is 0. The standard InChI is InChI=1S/C10H10N2O/c1-8(12-7-11)9-4-3-5-10(6-9)13-2/h3-6H,1-2H3. The highest BCUT2D eigenvalue weighted by atomic mass is 16.5. The maximum Gasteiger partial charge on any atom is 0.205 e. The molecule has 13 heavy (non-hydrogen) atoms. The van der Waals surface area contributed by atoms with Gasteiger partial charge in [0.05, 0.1) is 12.8 Å². The largest absolute Gasteiger partial charge is 0.497 e. The van der Waals surface area contributed by atoms with Crippen LogP contribution in [0.5, 0.6) is 5.75 Å². The van der Waals surface area contributed by atoms with Crippen LogP contribution in [0.15, 0.2) is 29.3 Å². The molecule has 0 N–H and O–H groups in total. The molecule has 3 nitrogen and oxygen atoms in total. The van der Waals surface area contributed by atoms with E-state index < -0.39 is 0 Å². The maximum atomic E-state index is 8.36. The fourth-order valence-corrected chi connectivity index (χ4v) is 0.988. The van der Waals surface area contributed by atoms with E-state index in [9.17, 15) is 0 Å². The monoisotopic (exact) mass is 174 g/mol. The van der Waals surface area contributed by atoms with Gasteiger partial charge in [-0.15, -0.1) is 0 Å². The van der Waals surface area contributed by atoms with Crippen LogP contribution in [-0.4, -0.2) is 12.8 Å². The molecule has 0 amide bonds. The molecular weight excluding hydrogens is 164 g/mol. The Hall–Kier alpha value is -1.82. The van der Waals surface area contributed by atoms with Crippen molar-refractivity contribution in [3.05, 3.63) is 29.8 Å². The summed E-state index contributed by atoms with van der Waals surface area (Å²) in [4.78, 5) is 3.64. The van der Waals surface area contributed by atoms with E-state index in [1.165, 1.54) is 0 Å². The summed E-state index contributed by atoms with van der Waals surface area (Å²) < 4.78 is 5.05. The van der Waals surface area contributed by atoms with Gasteiger partial charge in [0, 0.05) is 5.56 Å². The lowest BCUT2D eigenvalue weighted by Gasteiger charge is -2.01. The molecule has 0 saturated heterocycles. The molecule has 0 aliphatic heterocycles. The Labute approximate surface area is 77.3 Å². The fourth-order valence-electron chi connectivity index (χ4n) is 0.988. The number of nitrogens with zero attached hydrogens (tertiary/aromatic N) is 2. The lowest BCUT2D eigenvalue weighted by atomic mass is 10.1. The molecule has 0 aliphatic carbocycles. The molecule has 66 valence electrons. The molecule has 1 rings (SSSR count). The Morgan fingerprint density at radius 3 is 2.92 bits per heavy atom. The molecule has 0 aromatic heterocycles. The number of rotatable bonds is 2. The van der Waals surface area contributed by atoms with Gasteiger partial charge in [0.2, 0.25) is 6.19 Å². The van der Waals surface area contributed by atoms with E-state index in [-0.39, 0.29) is 0 Å². The van der Waals surface area contributed by atoms with Crippen molar-refractivity contribution in [2.24, 2.45) is 4.99 Å². The number of ether oxygens (including phenoxy) is 1. The summed E-state index contributed by atoms with van der Waals surface area (Å²) in [6.07, 6.45) is 1.75. The normalized spacial score (nSPS) is 10.7. The Bertz CT molecular complexity index is 363. The highest BCUT2D eigenvalue weighted by Crippen LogP contribution is 2.12. The first-order valence-electron chi connectivity index (χ1n) is 3.85. The van der Waals surface area contributed by atoms with Gasteiger partial charge >= 0.3 is 0 Å². The van der Waals surface area contributed by atoms with Crippen molar-refractivity contribution >= 4 is 5.71 Å². The van der Waals surface area contributed by atoms with Crippen LogP contribution in [0.25, 0.3) is 0 Å². The molecule has 1 aromatic carbocycles. The van der Waals surface area contributed by atoms with Crippen molar-refractivity contribution in [2.75, 3.05) is 7.11 Å². The van der Waals surface area contributed by atoms with Gasteiger partial charge in [-0.2, -0.15) is 10.3 Å². The maximum absolute atomic E-state index is 8.36. The lowest BCUT2D eigenvalue weighted by Crippen LogP contribution is -1.94. The predicted octanol–water partition coefficient (Wildman–Crippen LogP) is 1.99. The average Bonchev–Trinajstić information content (AvgIpc) is 2.18. The van der Waals surface area contributed by atoms with Gasteiger partial charge in [0.1, 0.15) is 5.75 Å². The van der Waals surface area contributed by atoms with Gasteiger partial charge < -0.3 is 4.74 Å². The van der Waals surface area contributed by atoms with Crippen molar-refractivity contribution in [3.8, 4) is 11.9 Å². The number of aliphatic imine (C=N–C) groups is 1. The van der Waals surface area contributed by atoms with Gasteiger partial charge in [0.15, 0.2) is 0 Å². The third kappa shape index (κ3) is 2.31. The molecule has 0 unspecified atom stereocenters. The summed E-state index contributed by atoms with van der Waals surface area (Å²) in [5.41, 5.74) is 1.60. The summed E-state index contributed by atoms with van der Waals surface area (Å²) in [5, 5.41) is 8.36. The van der Waals surface area contributed by atoms with Crippen LogP contribution in [-0.2, 0) is 0 Å². The Kier molecular flexibility index (Phi) is 3.04. The van der Waals surface area contributed by atoms with E-state index in [2.05, 4.69) is 4.99 Å². The van der Waals surface area contributed by atoms with Crippen molar-refractivity contribution in [3.63, 3.8) is 0 Å². The molecular formula is C10H10N2O. The van der Waals surface area contributed by atoms with Crippen molar-refractivity contribution < 1.29 is 4.74 Å². The minimum absolute atomic E-state index is 0.696. The van der Waals surface area contributed by atoms with Crippen LogP contribution >= 0.6 is 0 Å². The van der Waals surface area contributed by atoms with E-state index in [1.54, 1.807) is 20.2 Å². The molecule has 0 aliphatic rings. The van der Waals surface area contributed by atoms with Crippen LogP contribution in [0, 0.1) is 11.5 Å². The number of benzene rings is 1. The van der Waals surface area contributed by atoms with Gasteiger partial charge in [0.25, 0.3) is 0 Å². The van der Waals surface area contributed by atoms with E-state index in [0.717, 1.165) is 11.3 Å². The Morgan fingerprint density at radius 1 is 1.54 bits per heavy atom. The van der Waals surface area contributed by atoms with Crippen molar-refractivity contribution in [1.29, 1.82) is 5.26 Å². The first-order chi connectivity index (χ1) is 6.27. The molecule has 0 spiro atoms. The first kappa shape index (κ1) is 9.27. The molecule has 3 heteroatoms. The summed E-state index contributed by atoms with van der Waals surface area (Å²) in [6.45, 7) is 1.79. The zero-order valence-corrected chi connectivity index (χ0v) is 7.61. The van der Waals surface area contributed by atoms with Crippen LogP contribution in [0.3, 0.4) is 0 Å². The van der Waals surface area contributed by atoms with Gasteiger partial charge in [-0.05, 0) is 19.1 Å². The second-order valence-corrected chi connectivity index (χ2v) is 2.53. The van der Waals surface area contributed by atoms with Crippen LogP contribution in [0.2, 0.25) is 0 Å². The van der Waals surface area contributed by atoms with E-state index in [1.807, 2.05) is 24.3 Å². The van der Waals surface area contributed by atoms with Crippen LogP contribution in [0.1, 0.15) is 12.5 Å². The fraction of sp³-hybridized carbons (Fsp3) is 0.200. The van der Waals surface area contributed by atoms with Gasteiger partial charge in [-0.25, -0.2) is 0 Å². The minimum Gasteiger partial charge on any atom is -0.497 e. The van der Waals surface area contributed by atoms with E-state index in [4.69, 9.17) is 10.00 Å². The minimum atomic E-state index is 0.696. The highest BCUT2D eigenvalue weighted by Gasteiger charge is 1.98. The third-order valence-corrected chi connectivity index (χ3v) is 1.71. The molecule has 1 aromatic rings. The molecule has 0 fully saturated rings. The SMILES string of the molecule is COc1cccc(C(C)=NC#N)c1. The van der Waals surface area contributed by atoms with Crippen LogP contribution in [0.4, 0.5) is 0 Å². The molecule has 0 bridgehead atoms. The van der Waals surface area contributed by atoms with Crippen LogP contribution < -0.4 is 4.74 Å². The molecule has 0 radical (unpaired) electrons. The van der Waals surface area contributed by atoms with E-state index in [0.29, 0.717) is 5.71 Å². The summed E-state index contributed by atoms with van der Waals surface area (Å²) in [6, 6.07) is 7.45. The topological polar surface area (TPSA) is 45.4 Å². The molecule has 0 saturated carbocycles. The Balaban J connectivity index is 3.03. The second kappa shape index (κ2) is 4.27. The van der Waals surface area contributed by atoms with E-state index >= 15 is 0 Å². The quantitative estimate of drug-likeness (QED) is 0.508. The lowest BCUT2D eigenvalue weighted by molar-refractivity contribution is 0.414. The smallest absolute Gasteiger partial charge is 0.205 e. The second-order valence-electron chi connectivity index (χ2n) is 2.53. The third-order valence-electron chi connectivity index (χ3n) is 1.71. The zero-order valence-electron chi connectivity index (χ0n) is 7.61. The first-order valence-corrected chi connectivity index (χ1v) is 3.85. The zero-order chi connectivity index (χ0) is 9.68. The van der Waals surface area contributed by atoms with Gasteiger partial charge in [-0.3, -0.25) is 0 Å². The number of methoxy groups -OCH3 is 1. The summed E-state index contributed by atoms with van der Waals surface area (Å²) in [7, 11) is 1.61. The highest BCUT2D eigenvalue weighted by molar-refractivity contribution is 5.99. The number of hydrogen-bond acceptors (Lipinski definition) is 3. The molecule has 0 atom stereocenters.